The number of H-pyrrole nitrogens is 1. The van der Waals surface area contributed by atoms with Gasteiger partial charge in [0, 0.05) is 11.5 Å². The molecular formula is C10H8N4O2. The van der Waals surface area contributed by atoms with Gasteiger partial charge in [-0.05, 0) is 12.0 Å². The molecule has 2 aromatic rings. The third-order valence-electron chi connectivity index (χ3n) is 2.08. The van der Waals surface area contributed by atoms with Crippen molar-refractivity contribution in [1.82, 2.24) is 10.2 Å². The largest absolute Gasteiger partial charge is 0.320 e. The lowest BCUT2D eigenvalue weighted by atomic mass is 10.2. The smallest absolute Gasteiger partial charge is 0.297 e. The molecule has 0 radical (unpaired) electrons. The van der Waals surface area contributed by atoms with E-state index >= 15 is 0 Å². The molecule has 3 N–H and O–H groups in total. The number of benzene rings is 1. The third kappa shape index (κ3) is 1.60. The van der Waals surface area contributed by atoms with Crippen molar-refractivity contribution >= 4 is 16.6 Å². The number of aromatic nitrogens is 2. The monoisotopic (exact) mass is 216 g/mol. The van der Waals surface area contributed by atoms with Crippen LogP contribution in [0.5, 0.6) is 0 Å². The Bertz CT molecular complexity index is 606. The average Bonchev–Trinajstić information content (AvgIpc) is 2.69. The van der Waals surface area contributed by atoms with E-state index in [1.54, 1.807) is 12.1 Å². The maximum atomic E-state index is 10.7. The minimum absolute atomic E-state index is 0.0328. The van der Waals surface area contributed by atoms with Gasteiger partial charge in [0.05, 0.1) is 11.5 Å². The van der Waals surface area contributed by atoms with Crippen LogP contribution in [0.2, 0.25) is 0 Å². The van der Waals surface area contributed by atoms with Crippen molar-refractivity contribution in [2.24, 2.45) is 5.73 Å². The van der Waals surface area contributed by atoms with Crippen molar-refractivity contribution in [2.75, 3.05) is 6.54 Å². The summed E-state index contributed by atoms with van der Waals surface area (Å²) in [6.07, 6.45) is 0. The van der Waals surface area contributed by atoms with Crippen LogP contribution in [-0.2, 0) is 0 Å². The average molecular weight is 216 g/mol. The molecule has 6 heteroatoms. The van der Waals surface area contributed by atoms with Crippen molar-refractivity contribution in [2.45, 2.75) is 0 Å². The molecule has 16 heavy (non-hydrogen) atoms. The summed E-state index contributed by atoms with van der Waals surface area (Å²) in [4.78, 5) is 10.3. The maximum Gasteiger partial charge on any atom is 0.297 e. The van der Waals surface area contributed by atoms with Crippen LogP contribution in [0.15, 0.2) is 18.2 Å². The standard InChI is InChI=1S/C10H8N4O2/c11-6-2-4-8-7-3-1-5-9(14(15)16)10(7)13-12-8/h1,3,5H,6,11H2,(H,12,13). The Labute approximate surface area is 90.6 Å². The molecule has 0 aliphatic carbocycles. The van der Waals surface area contributed by atoms with Gasteiger partial charge in [0.2, 0.25) is 0 Å². The Kier molecular flexibility index (Phi) is 2.54. The molecule has 1 heterocycles. The van der Waals surface area contributed by atoms with E-state index in [1.165, 1.54) is 6.07 Å². The number of nitro benzene ring substituents is 1. The molecular weight excluding hydrogens is 208 g/mol. The van der Waals surface area contributed by atoms with Gasteiger partial charge in [-0.15, -0.1) is 0 Å². The number of non-ortho nitro benzene ring substituents is 1. The van der Waals surface area contributed by atoms with Gasteiger partial charge in [-0.3, -0.25) is 15.2 Å². The highest BCUT2D eigenvalue weighted by atomic mass is 16.6. The van der Waals surface area contributed by atoms with Gasteiger partial charge in [-0.25, -0.2) is 0 Å². The Balaban J connectivity index is 2.66. The number of rotatable bonds is 1. The number of nitro groups is 1. The Hall–Kier alpha value is -2.39. The summed E-state index contributed by atoms with van der Waals surface area (Å²) in [5.41, 5.74) is 6.08. The molecule has 0 fully saturated rings. The summed E-state index contributed by atoms with van der Waals surface area (Å²) in [6, 6.07) is 4.74. The predicted molar refractivity (Wildman–Crippen MR) is 58.7 cm³/mol. The number of nitrogens with zero attached hydrogens (tertiary/aromatic N) is 2. The highest BCUT2D eigenvalue weighted by Gasteiger charge is 2.15. The van der Waals surface area contributed by atoms with Crippen molar-refractivity contribution in [3.63, 3.8) is 0 Å². The molecule has 0 spiro atoms. The van der Waals surface area contributed by atoms with Crippen molar-refractivity contribution in [3.05, 3.63) is 34.0 Å². The van der Waals surface area contributed by atoms with Crippen molar-refractivity contribution < 1.29 is 4.92 Å². The third-order valence-corrected chi connectivity index (χ3v) is 2.08. The van der Waals surface area contributed by atoms with Crippen LogP contribution >= 0.6 is 0 Å². The van der Waals surface area contributed by atoms with E-state index in [-0.39, 0.29) is 12.2 Å². The van der Waals surface area contributed by atoms with Crippen LogP contribution in [0.25, 0.3) is 10.9 Å². The van der Waals surface area contributed by atoms with Gasteiger partial charge in [-0.1, -0.05) is 12.0 Å². The summed E-state index contributed by atoms with van der Waals surface area (Å²) < 4.78 is 0. The van der Waals surface area contributed by atoms with E-state index < -0.39 is 4.92 Å². The number of nitrogens with one attached hydrogen (secondary N) is 1. The first-order valence-electron chi connectivity index (χ1n) is 4.54. The predicted octanol–water partition coefficient (Wildman–Crippen LogP) is 0.781. The highest BCUT2D eigenvalue weighted by Crippen LogP contribution is 2.24. The molecule has 0 unspecified atom stereocenters. The van der Waals surface area contributed by atoms with E-state index in [0.29, 0.717) is 16.6 Å². The molecule has 0 aliphatic heterocycles. The fraction of sp³-hybridized carbons (Fsp3) is 0.100. The van der Waals surface area contributed by atoms with Crippen LogP contribution in [0.1, 0.15) is 5.69 Å². The molecule has 0 bridgehead atoms. The molecule has 0 aliphatic rings. The maximum absolute atomic E-state index is 10.7. The summed E-state index contributed by atoms with van der Waals surface area (Å²) in [5, 5.41) is 17.9. The zero-order valence-corrected chi connectivity index (χ0v) is 8.23. The second-order valence-corrected chi connectivity index (χ2v) is 3.03. The zero-order valence-electron chi connectivity index (χ0n) is 8.23. The van der Waals surface area contributed by atoms with E-state index in [2.05, 4.69) is 22.0 Å². The first kappa shape index (κ1) is 10.1. The van der Waals surface area contributed by atoms with Gasteiger partial charge < -0.3 is 5.73 Å². The topological polar surface area (TPSA) is 97.8 Å². The van der Waals surface area contributed by atoms with Crippen LogP contribution in [0.4, 0.5) is 5.69 Å². The lowest BCUT2D eigenvalue weighted by Crippen LogP contribution is -1.93. The second-order valence-electron chi connectivity index (χ2n) is 3.03. The van der Waals surface area contributed by atoms with Crippen LogP contribution < -0.4 is 5.73 Å². The Morgan fingerprint density at radius 3 is 3.06 bits per heavy atom. The lowest BCUT2D eigenvalue weighted by Gasteiger charge is -1.91. The van der Waals surface area contributed by atoms with Crippen LogP contribution in [0, 0.1) is 22.0 Å². The van der Waals surface area contributed by atoms with E-state index in [1.807, 2.05) is 0 Å². The molecule has 80 valence electrons. The van der Waals surface area contributed by atoms with Gasteiger partial charge in [0.1, 0.15) is 5.69 Å². The molecule has 1 aromatic heterocycles. The quantitative estimate of drug-likeness (QED) is 0.418. The van der Waals surface area contributed by atoms with Crippen LogP contribution in [-0.4, -0.2) is 21.7 Å². The number of nitrogens with two attached hydrogens (primary N) is 1. The Morgan fingerprint density at radius 2 is 2.38 bits per heavy atom. The molecule has 0 amide bonds. The number of para-hydroxylation sites is 1. The molecule has 0 saturated heterocycles. The van der Waals surface area contributed by atoms with E-state index in [4.69, 9.17) is 5.73 Å². The molecule has 2 rings (SSSR count). The molecule has 6 nitrogen and oxygen atoms in total. The zero-order chi connectivity index (χ0) is 11.5. The molecule has 0 atom stereocenters. The van der Waals surface area contributed by atoms with Gasteiger partial charge in [-0.2, -0.15) is 5.10 Å². The summed E-state index contributed by atoms with van der Waals surface area (Å²) in [7, 11) is 0. The van der Waals surface area contributed by atoms with E-state index in [9.17, 15) is 10.1 Å². The van der Waals surface area contributed by atoms with Crippen molar-refractivity contribution in [1.29, 1.82) is 0 Å². The highest BCUT2D eigenvalue weighted by molar-refractivity contribution is 5.90. The summed E-state index contributed by atoms with van der Waals surface area (Å²) in [5.74, 6) is 5.45. The molecule has 0 saturated carbocycles. The fourth-order valence-electron chi connectivity index (χ4n) is 1.40. The Morgan fingerprint density at radius 1 is 1.56 bits per heavy atom. The number of hydrogen-bond donors (Lipinski definition) is 2. The minimum atomic E-state index is -0.469. The van der Waals surface area contributed by atoms with Crippen molar-refractivity contribution in [3.8, 4) is 11.8 Å². The minimum Gasteiger partial charge on any atom is -0.320 e. The van der Waals surface area contributed by atoms with Gasteiger partial charge in [0.15, 0.2) is 5.52 Å². The molecule has 1 aromatic carbocycles. The first-order chi connectivity index (χ1) is 7.74. The first-order valence-corrected chi connectivity index (χ1v) is 4.54. The summed E-state index contributed by atoms with van der Waals surface area (Å²) >= 11 is 0. The SMILES string of the molecule is NCC#Cc1[nH]nc2c([N+](=O)[O-])cccc12. The van der Waals surface area contributed by atoms with Gasteiger partial charge >= 0.3 is 0 Å². The van der Waals surface area contributed by atoms with E-state index in [0.717, 1.165) is 0 Å². The fourth-order valence-corrected chi connectivity index (χ4v) is 1.40. The number of hydrogen-bond acceptors (Lipinski definition) is 4. The number of fused-ring (bicyclic) bond motifs is 1. The van der Waals surface area contributed by atoms with Crippen LogP contribution in [0.3, 0.4) is 0 Å². The lowest BCUT2D eigenvalue weighted by molar-refractivity contribution is -0.383. The number of aromatic amines is 1. The normalized spacial score (nSPS) is 9.81. The van der Waals surface area contributed by atoms with Gasteiger partial charge in [0.25, 0.3) is 5.69 Å². The second kappa shape index (κ2) is 4.00. The summed E-state index contributed by atoms with van der Waals surface area (Å²) in [6.45, 7) is 0.232.